The van der Waals surface area contributed by atoms with Gasteiger partial charge in [-0.3, -0.25) is 4.68 Å². The maximum Gasteiger partial charge on any atom is 0.416 e. The number of halogens is 3. The van der Waals surface area contributed by atoms with Gasteiger partial charge in [0, 0.05) is 11.4 Å². The summed E-state index contributed by atoms with van der Waals surface area (Å²) in [7, 11) is 0. The molecule has 0 aliphatic carbocycles. The third-order valence-electron chi connectivity index (χ3n) is 2.09. The number of nitrogens with zero attached hydrogens (tertiary/aromatic N) is 1. The molecule has 6 heteroatoms. The lowest BCUT2D eigenvalue weighted by atomic mass is 10.3. The van der Waals surface area contributed by atoms with Crippen LogP contribution in [0.1, 0.15) is 11.4 Å². The summed E-state index contributed by atoms with van der Waals surface area (Å²) in [4.78, 5) is 0. The molecule has 15 heavy (non-hydrogen) atoms. The molecule has 0 spiro atoms. The molecule has 0 fully saturated rings. The first kappa shape index (κ1) is 11.9. The minimum absolute atomic E-state index is 0.556. The first-order chi connectivity index (χ1) is 6.82. The highest BCUT2D eigenvalue weighted by Gasteiger charge is 2.37. The zero-order valence-corrected chi connectivity index (χ0v) is 8.47. The molecule has 1 rings (SSSR count). The largest absolute Gasteiger partial charge is 0.416 e. The lowest BCUT2D eigenvalue weighted by Gasteiger charge is -2.18. The van der Waals surface area contributed by atoms with Crippen LogP contribution < -0.4 is 5.43 Å². The molecule has 1 aromatic heterocycles. The molecule has 2 N–H and O–H groups in total. The van der Waals surface area contributed by atoms with Crippen LogP contribution in [0.15, 0.2) is 12.1 Å². The second kappa shape index (κ2) is 4.14. The van der Waals surface area contributed by atoms with E-state index in [1.807, 2.05) is 0 Å². The van der Waals surface area contributed by atoms with Gasteiger partial charge in [-0.1, -0.05) is 0 Å². The van der Waals surface area contributed by atoms with Crippen molar-refractivity contribution >= 4 is 0 Å². The molecule has 0 bridgehead atoms. The van der Waals surface area contributed by atoms with Crippen LogP contribution >= 0.6 is 0 Å². The number of nitrogens with one attached hydrogen (secondary N) is 1. The van der Waals surface area contributed by atoms with Crippen LogP contribution in [-0.4, -0.2) is 28.6 Å². The summed E-state index contributed by atoms with van der Waals surface area (Å²) in [5.41, 5.74) is 4.10. The Bertz CT molecular complexity index is 313. The van der Waals surface area contributed by atoms with Crippen molar-refractivity contribution in [2.24, 2.45) is 0 Å². The predicted octanol–water partition coefficient (Wildman–Crippen LogP) is 1.57. The van der Waals surface area contributed by atoms with Crippen molar-refractivity contribution < 1.29 is 18.3 Å². The quantitative estimate of drug-likeness (QED) is 0.814. The zero-order chi connectivity index (χ0) is 11.6. The van der Waals surface area contributed by atoms with Gasteiger partial charge >= 0.3 is 6.18 Å². The maximum absolute atomic E-state index is 12.0. The highest BCUT2D eigenvalue weighted by Crippen LogP contribution is 2.19. The number of aryl methyl sites for hydroxylation is 2. The monoisotopic (exact) mass is 222 g/mol. The van der Waals surface area contributed by atoms with Gasteiger partial charge in [0.2, 0.25) is 0 Å². The van der Waals surface area contributed by atoms with E-state index < -0.39 is 18.8 Å². The molecule has 0 aliphatic rings. The van der Waals surface area contributed by atoms with Crippen LogP contribution in [0, 0.1) is 13.8 Å². The van der Waals surface area contributed by atoms with E-state index in [2.05, 4.69) is 5.43 Å². The Morgan fingerprint density at radius 3 is 2.20 bits per heavy atom. The lowest BCUT2D eigenvalue weighted by Crippen LogP contribution is -2.38. The summed E-state index contributed by atoms with van der Waals surface area (Å²) in [5, 5.41) is 8.77. The van der Waals surface area contributed by atoms with E-state index in [4.69, 9.17) is 5.11 Å². The van der Waals surface area contributed by atoms with Crippen LogP contribution in [0.4, 0.5) is 13.2 Å². The van der Waals surface area contributed by atoms with Gasteiger partial charge in [-0.15, -0.1) is 0 Å². The van der Waals surface area contributed by atoms with E-state index in [1.165, 1.54) is 4.68 Å². The van der Waals surface area contributed by atoms with Crippen molar-refractivity contribution in [2.75, 3.05) is 12.0 Å². The van der Waals surface area contributed by atoms with Gasteiger partial charge < -0.3 is 10.5 Å². The zero-order valence-electron chi connectivity index (χ0n) is 8.47. The normalized spacial score (nSPS) is 14.0. The topological polar surface area (TPSA) is 37.2 Å². The summed E-state index contributed by atoms with van der Waals surface area (Å²) in [6, 6.07) is 3.56. The molecule has 0 saturated heterocycles. The van der Waals surface area contributed by atoms with E-state index in [9.17, 15) is 13.2 Å². The molecule has 1 unspecified atom stereocenters. The van der Waals surface area contributed by atoms with Crippen molar-refractivity contribution in [1.82, 2.24) is 4.68 Å². The van der Waals surface area contributed by atoms with Gasteiger partial charge in [-0.25, -0.2) is 0 Å². The molecule has 0 amide bonds. The average Bonchev–Trinajstić information content (AvgIpc) is 2.41. The minimum atomic E-state index is -4.58. The number of rotatable bonds is 3. The van der Waals surface area contributed by atoms with Gasteiger partial charge in [0.05, 0.1) is 6.54 Å². The van der Waals surface area contributed by atoms with Gasteiger partial charge in [0.15, 0.2) is 6.10 Å². The predicted molar refractivity (Wildman–Crippen MR) is 50.2 cm³/mol. The molecule has 0 saturated carbocycles. The van der Waals surface area contributed by atoms with Gasteiger partial charge in [0.25, 0.3) is 0 Å². The average molecular weight is 222 g/mol. The van der Waals surface area contributed by atoms with Crippen molar-refractivity contribution in [2.45, 2.75) is 26.1 Å². The van der Waals surface area contributed by atoms with E-state index in [0.29, 0.717) is 0 Å². The van der Waals surface area contributed by atoms with Crippen LogP contribution in [0.3, 0.4) is 0 Å². The smallest absolute Gasteiger partial charge is 0.382 e. The Hall–Kier alpha value is -1.17. The second-order valence-electron chi connectivity index (χ2n) is 3.37. The van der Waals surface area contributed by atoms with E-state index in [-0.39, 0.29) is 0 Å². The SMILES string of the molecule is Cc1ccc(C)n1NCC(O)C(F)(F)F. The molecule has 3 nitrogen and oxygen atoms in total. The summed E-state index contributed by atoms with van der Waals surface area (Å²) in [6.07, 6.45) is -6.93. The first-order valence-electron chi connectivity index (χ1n) is 4.46. The molecular formula is C9H13F3N2O. The van der Waals surface area contributed by atoms with Crippen molar-refractivity contribution in [1.29, 1.82) is 0 Å². The number of alkyl halides is 3. The molecule has 1 heterocycles. The van der Waals surface area contributed by atoms with Gasteiger partial charge in [-0.2, -0.15) is 13.2 Å². The van der Waals surface area contributed by atoms with Crippen LogP contribution in [0.2, 0.25) is 0 Å². The Balaban J connectivity index is 2.58. The summed E-state index contributed by atoms with van der Waals surface area (Å²) in [6.45, 7) is 2.97. The fourth-order valence-electron chi connectivity index (χ4n) is 1.21. The van der Waals surface area contributed by atoms with E-state index in [0.717, 1.165) is 11.4 Å². The standard InChI is InChI=1S/C9H13F3N2O/c1-6-3-4-7(2)14(6)13-5-8(15)9(10,11)12/h3-4,8,13,15H,5H2,1-2H3. The molecule has 0 radical (unpaired) electrons. The highest BCUT2D eigenvalue weighted by molar-refractivity contribution is 5.15. The number of hydrogen-bond acceptors (Lipinski definition) is 2. The van der Waals surface area contributed by atoms with Crippen molar-refractivity contribution in [3.05, 3.63) is 23.5 Å². The Morgan fingerprint density at radius 1 is 1.33 bits per heavy atom. The summed E-state index contributed by atoms with van der Waals surface area (Å²) < 4.78 is 37.4. The van der Waals surface area contributed by atoms with Crippen molar-refractivity contribution in [3.8, 4) is 0 Å². The molecular weight excluding hydrogens is 209 g/mol. The summed E-state index contributed by atoms with van der Waals surface area (Å²) >= 11 is 0. The fraction of sp³-hybridized carbons (Fsp3) is 0.556. The Morgan fingerprint density at radius 2 is 1.80 bits per heavy atom. The van der Waals surface area contributed by atoms with E-state index >= 15 is 0 Å². The van der Waals surface area contributed by atoms with Crippen LogP contribution in [0.25, 0.3) is 0 Å². The van der Waals surface area contributed by atoms with Crippen LogP contribution in [-0.2, 0) is 0 Å². The van der Waals surface area contributed by atoms with Crippen LogP contribution in [0.5, 0.6) is 0 Å². The van der Waals surface area contributed by atoms with Crippen molar-refractivity contribution in [3.63, 3.8) is 0 Å². The Labute approximate surface area is 85.5 Å². The number of aliphatic hydroxyl groups is 1. The third kappa shape index (κ3) is 2.89. The molecule has 0 aliphatic heterocycles. The van der Waals surface area contributed by atoms with Gasteiger partial charge in [-0.05, 0) is 26.0 Å². The fourth-order valence-corrected chi connectivity index (χ4v) is 1.21. The van der Waals surface area contributed by atoms with E-state index in [1.54, 1.807) is 26.0 Å². The molecule has 0 aromatic carbocycles. The maximum atomic E-state index is 12.0. The molecule has 1 aromatic rings. The molecule has 1 atom stereocenters. The minimum Gasteiger partial charge on any atom is -0.382 e. The number of aromatic nitrogens is 1. The second-order valence-corrected chi connectivity index (χ2v) is 3.37. The lowest BCUT2D eigenvalue weighted by molar-refractivity contribution is -0.199. The number of hydrogen-bond donors (Lipinski definition) is 2. The number of aliphatic hydroxyl groups excluding tert-OH is 1. The first-order valence-corrected chi connectivity index (χ1v) is 4.46. The Kier molecular flexibility index (Phi) is 3.28. The van der Waals surface area contributed by atoms with Gasteiger partial charge in [0.1, 0.15) is 0 Å². The third-order valence-corrected chi connectivity index (χ3v) is 2.09. The summed E-state index contributed by atoms with van der Waals surface area (Å²) in [5.74, 6) is 0. The highest BCUT2D eigenvalue weighted by atomic mass is 19.4. The molecule has 86 valence electrons.